The molecule has 8 heteroatoms. The lowest BCUT2D eigenvalue weighted by atomic mass is 9.94. The second-order valence-corrected chi connectivity index (χ2v) is 7.65. The number of hydrogen-bond acceptors (Lipinski definition) is 4. The van der Waals surface area contributed by atoms with E-state index in [1.54, 1.807) is 0 Å². The van der Waals surface area contributed by atoms with Crippen LogP contribution in [0.5, 0.6) is 0 Å². The summed E-state index contributed by atoms with van der Waals surface area (Å²) in [6, 6.07) is 1.44. The van der Waals surface area contributed by atoms with Crippen molar-refractivity contribution in [3.05, 3.63) is 21.9 Å². The predicted molar refractivity (Wildman–Crippen MR) is 75.7 cm³/mol. The first kappa shape index (κ1) is 15.2. The number of pyridine rings is 1. The van der Waals surface area contributed by atoms with Crippen LogP contribution in [0, 0.1) is 0 Å². The lowest BCUT2D eigenvalue weighted by Crippen LogP contribution is -2.49. The molecule has 0 amide bonds. The molecule has 1 aromatic heterocycles. The second-order valence-electron chi connectivity index (χ2n) is 4.72. The number of sulfonamides is 1. The van der Waals surface area contributed by atoms with Gasteiger partial charge >= 0.3 is 0 Å². The molecule has 0 radical (unpaired) electrons. The highest BCUT2D eigenvalue weighted by Crippen LogP contribution is 2.27. The first-order valence-electron chi connectivity index (χ1n) is 5.75. The van der Waals surface area contributed by atoms with Crippen molar-refractivity contribution < 1.29 is 13.2 Å². The Hall–Kier alpha value is -0.210. The Labute approximate surface area is 125 Å². The van der Waals surface area contributed by atoms with Crippen molar-refractivity contribution >= 4 is 37.6 Å². The number of aromatic nitrogens is 1. The van der Waals surface area contributed by atoms with E-state index in [1.165, 1.54) is 12.3 Å². The molecule has 19 heavy (non-hydrogen) atoms. The molecule has 0 saturated carbocycles. The summed E-state index contributed by atoms with van der Waals surface area (Å²) in [5.41, 5.74) is -0.511. The molecule has 0 aromatic carbocycles. The van der Waals surface area contributed by atoms with E-state index in [1.807, 2.05) is 6.92 Å². The van der Waals surface area contributed by atoms with E-state index in [-0.39, 0.29) is 10.0 Å². The minimum Gasteiger partial charge on any atom is -0.381 e. The van der Waals surface area contributed by atoms with Gasteiger partial charge in [-0.25, -0.2) is 18.1 Å². The zero-order chi connectivity index (χ0) is 14.1. The molecule has 2 heterocycles. The van der Waals surface area contributed by atoms with E-state index >= 15 is 0 Å². The smallest absolute Gasteiger partial charge is 0.244 e. The largest absolute Gasteiger partial charge is 0.381 e. The quantitative estimate of drug-likeness (QED) is 0.830. The van der Waals surface area contributed by atoms with Gasteiger partial charge in [0.1, 0.15) is 10.0 Å². The topological polar surface area (TPSA) is 68.3 Å². The first-order valence-corrected chi connectivity index (χ1v) is 8.41. The molecule has 1 fully saturated rings. The van der Waals surface area contributed by atoms with Crippen LogP contribution in [-0.2, 0) is 14.8 Å². The maximum absolute atomic E-state index is 12.4. The highest BCUT2D eigenvalue weighted by Gasteiger charge is 2.33. The lowest BCUT2D eigenvalue weighted by Gasteiger charge is -2.34. The Morgan fingerprint density at radius 2 is 2.11 bits per heavy atom. The fourth-order valence-electron chi connectivity index (χ4n) is 1.90. The normalized spacial score (nSPS) is 19.3. The molecule has 1 aromatic rings. The van der Waals surface area contributed by atoms with Gasteiger partial charge in [-0.3, -0.25) is 0 Å². The van der Waals surface area contributed by atoms with Crippen LogP contribution < -0.4 is 4.72 Å². The Balaban J connectivity index is 2.29. The zero-order valence-electron chi connectivity index (χ0n) is 10.3. The molecule has 0 bridgehead atoms. The number of nitrogens with zero attached hydrogens (tertiary/aromatic N) is 1. The number of nitrogens with one attached hydrogen (secondary N) is 1. The van der Waals surface area contributed by atoms with Crippen LogP contribution in [0.4, 0.5) is 0 Å². The number of halogens is 2. The van der Waals surface area contributed by atoms with Crippen molar-refractivity contribution in [2.75, 3.05) is 13.2 Å². The van der Waals surface area contributed by atoms with Gasteiger partial charge in [0, 0.05) is 29.4 Å². The minimum atomic E-state index is -3.70. The fourth-order valence-corrected chi connectivity index (χ4v) is 4.31. The Kier molecular flexibility index (Phi) is 4.52. The van der Waals surface area contributed by atoms with Crippen LogP contribution in [0.1, 0.15) is 19.8 Å². The molecule has 106 valence electrons. The highest BCUT2D eigenvalue weighted by atomic mass is 79.9. The molecule has 0 aliphatic carbocycles. The van der Waals surface area contributed by atoms with E-state index in [9.17, 15) is 8.42 Å². The summed E-state index contributed by atoms with van der Waals surface area (Å²) >= 11 is 9.06. The predicted octanol–water partition coefficient (Wildman–Crippen LogP) is 2.34. The Morgan fingerprint density at radius 1 is 1.47 bits per heavy atom. The van der Waals surface area contributed by atoms with Crippen molar-refractivity contribution in [2.24, 2.45) is 0 Å². The van der Waals surface area contributed by atoms with Crippen molar-refractivity contribution in [3.8, 4) is 0 Å². The van der Waals surface area contributed by atoms with Gasteiger partial charge in [0.2, 0.25) is 10.0 Å². The van der Waals surface area contributed by atoms with Gasteiger partial charge in [0.15, 0.2) is 0 Å². The number of rotatable bonds is 3. The summed E-state index contributed by atoms with van der Waals surface area (Å²) in [6.45, 7) is 2.96. The highest BCUT2D eigenvalue weighted by molar-refractivity contribution is 9.10. The van der Waals surface area contributed by atoms with E-state index in [0.717, 1.165) is 0 Å². The molecular formula is C11H14BrClN2O3S. The summed E-state index contributed by atoms with van der Waals surface area (Å²) in [5.74, 6) is 0. The number of ether oxygens (including phenoxy) is 1. The molecule has 0 atom stereocenters. The minimum absolute atomic E-state index is 0.0174. The third-order valence-electron chi connectivity index (χ3n) is 3.04. The van der Waals surface area contributed by atoms with E-state index in [4.69, 9.17) is 16.3 Å². The van der Waals surface area contributed by atoms with Crippen LogP contribution in [0.3, 0.4) is 0 Å². The molecule has 2 rings (SSSR count). The van der Waals surface area contributed by atoms with Crippen LogP contribution in [-0.4, -0.2) is 32.2 Å². The number of hydrogen-bond donors (Lipinski definition) is 1. The molecule has 1 aliphatic rings. The monoisotopic (exact) mass is 368 g/mol. The summed E-state index contributed by atoms with van der Waals surface area (Å²) in [5, 5.41) is -0.0358. The fraction of sp³-hybridized carbons (Fsp3) is 0.545. The van der Waals surface area contributed by atoms with Gasteiger partial charge in [-0.05, 0) is 41.8 Å². The van der Waals surface area contributed by atoms with Gasteiger partial charge in [-0.2, -0.15) is 0 Å². The summed E-state index contributed by atoms with van der Waals surface area (Å²) in [4.78, 5) is 3.82. The zero-order valence-corrected chi connectivity index (χ0v) is 13.5. The maximum atomic E-state index is 12.4. The Bertz CT molecular complexity index is 573. The molecule has 0 spiro atoms. The second kappa shape index (κ2) is 5.65. The van der Waals surface area contributed by atoms with E-state index < -0.39 is 15.6 Å². The average molecular weight is 370 g/mol. The molecule has 1 N–H and O–H groups in total. The van der Waals surface area contributed by atoms with Crippen LogP contribution in [0.15, 0.2) is 21.6 Å². The first-order chi connectivity index (χ1) is 8.82. The standard InChI is InChI=1S/C11H14BrClN2O3S/c1-11(2-4-18-5-3-11)15-19(16,17)9-6-8(12)7-14-10(9)13/h6-7,15H,2-5H2,1H3. The molecule has 1 aliphatic heterocycles. The van der Waals surface area contributed by atoms with Gasteiger partial charge in [-0.15, -0.1) is 0 Å². The van der Waals surface area contributed by atoms with Gasteiger partial charge in [0.25, 0.3) is 0 Å². The van der Waals surface area contributed by atoms with Crippen molar-refractivity contribution in [2.45, 2.75) is 30.2 Å². The van der Waals surface area contributed by atoms with E-state index in [2.05, 4.69) is 25.6 Å². The third-order valence-corrected chi connectivity index (χ3v) is 5.54. The SMILES string of the molecule is CC1(NS(=O)(=O)c2cc(Br)cnc2Cl)CCOCC1. The lowest BCUT2D eigenvalue weighted by molar-refractivity contribution is 0.0537. The van der Waals surface area contributed by atoms with Crippen LogP contribution in [0.2, 0.25) is 5.15 Å². The van der Waals surface area contributed by atoms with Crippen molar-refractivity contribution in [1.82, 2.24) is 9.71 Å². The van der Waals surface area contributed by atoms with Gasteiger partial charge < -0.3 is 4.74 Å². The van der Waals surface area contributed by atoms with Gasteiger partial charge in [-0.1, -0.05) is 11.6 Å². The van der Waals surface area contributed by atoms with Crippen molar-refractivity contribution in [3.63, 3.8) is 0 Å². The summed E-state index contributed by atoms with van der Waals surface area (Å²) in [6.07, 6.45) is 2.72. The molecule has 1 saturated heterocycles. The summed E-state index contributed by atoms with van der Waals surface area (Å²) in [7, 11) is -3.70. The van der Waals surface area contributed by atoms with E-state index in [0.29, 0.717) is 30.5 Å². The van der Waals surface area contributed by atoms with Crippen LogP contribution in [0.25, 0.3) is 0 Å². The molecule has 5 nitrogen and oxygen atoms in total. The molecular weight excluding hydrogens is 356 g/mol. The molecule has 0 unspecified atom stereocenters. The van der Waals surface area contributed by atoms with Crippen molar-refractivity contribution in [1.29, 1.82) is 0 Å². The Morgan fingerprint density at radius 3 is 2.74 bits per heavy atom. The van der Waals surface area contributed by atoms with Gasteiger partial charge in [0.05, 0.1) is 0 Å². The summed E-state index contributed by atoms with van der Waals surface area (Å²) < 4.78 is 33.3. The van der Waals surface area contributed by atoms with Crippen LogP contribution >= 0.6 is 27.5 Å². The maximum Gasteiger partial charge on any atom is 0.244 e. The third kappa shape index (κ3) is 3.66. The average Bonchev–Trinajstić information content (AvgIpc) is 2.31.